The molecule has 0 aliphatic carbocycles. The van der Waals surface area contributed by atoms with Gasteiger partial charge in [-0.2, -0.15) is 5.10 Å². The molecule has 2 aromatic rings. The summed E-state index contributed by atoms with van der Waals surface area (Å²) in [4.78, 5) is 21.2. The van der Waals surface area contributed by atoms with Gasteiger partial charge in [-0.3, -0.25) is 19.4 Å². The summed E-state index contributed by atoms with van der Waals surface area (Å²) in [5, 5.41) is 7.68. The van der Waals surface area contributed by atoms with Crippen molar-refractivity contribution >= 4 is 11.7 Å². The molecule has 2 aromatic heterocycles. The summed E-state index contributed by atoms with van der Waals surface area (Å²) in [7, 11) is 5.52. The summed E-state index contributed by atoms with van der Waals surface area (Å²) in [6.07, 6.45) is 6.96. The summed E-state index contributed by atoms with van der Waals surface area (Å²) in [6, 6.07) is 5.96. The molecule has 7 nitrogen and oxygen atoms in total. The summed E-state index contributed by atoms with van der Waals surface area (Å²) in [5.74, 6) is 0.991. The van der Waals surface area contributed by atoms with E-state index in [-0.39, 0.29) is 5.91 Å². The minimum atomic E-state index is -0.581. The smallest absolute Gasteiger partial charge is 0.247 e. The molecule has 1 fully saturated rings. The van der Waals surface area contributed by atoms with Crippen LogP contribution in [-0.4, -0.2) is 63.2 Å². The number of pyridine rings is 1. The Hall–Kier alpha value is -2.41. The van der Waals surface area contributed by atoms with Crippen molar-refractivity contribution in [3.63, 3.8) is 0 Å². The topological polar surface area (TPSA) is 66.3 Å². The van der Waals surface area contributed by atoms with Crippen molar-refractivity contribution < 1.29 is 4.79 Å². The fourth-order valence-corrected chi connectivity index (χ4v) is 3.40. The first-order valence-corrected chi connectivity index (χ1v) is 8.59. The summed E-state index contributed by atoms with van der Waals surface area (Å²) < 4.78 is 1.77. The number of aromatic nitrogens is 3. The first-order valence-electron chi connectivity index (χ1n) is 8.59. The Kier molecular flexibility index (Phi) is 5.03. The molecule has 0 aromatic carbocycles. The van der Waals surface area contributed by atoms with Crippen LogP contribution in [0.3, 0.4) is 0 Å². The highest BCUT2D eigenvalue weighted by atomic mass is 16.2. The van der Waals surface area contributed by atoms with E-state index in [1.54, 1.807) is 22.0 Å². The van der Waals surface area contributed by atoms with Crippen molar-refractivity contribution in [2.45, 2.75) is 24.9 Å². The second kappa shape index (κ2) is 7.23. The Morgan fingerprint density at radius 1 is 1.28 bits per heavy atom. The van der Waals surface area contributed by atoms with Crippen LogP contribution in [0.4, 0.5) is 5.82 Å². The van der Waals surface area contributed by atoms with Crippen LogP contribution in [0, 0.1) is 0 Å². The second-order valence-electron chi connectivity index (χ2n) is 6.88. The molecule has 3 heterocycles. The number of likely N-dealkylation sites (tertiary alicyclic amines) is 1. The quantitative estimate of drug-likeness (QED) is 0.888. The van der Waals surface area contributed by atoms with Crippen LogP contribution in [0.25, 0.3) is 0 Å². The molecule has 7 heteroatoms. The monoisotopic (exact) mass is 342 g/mol. The van der Waals surface area contributed by atoms with E-state index in [1.807, 2.05) is 39.5 Å². The Morgan fingerprint density at radius 3 is 2.60 bits per heavy atom. The molecule has 1 aliphatic rings. The van der Waals surface area contributed by atoms with E-state index in [2.05, 4.69) is 26.4 Å². The zero-order valence-electron chi connectivity index (χ0n) is 15.1. The molecule has 3 rings (SSSR count). The van der Waals surface area contributed by atoms with E-state index < -0.39 is 5.54 Å². The van der Waals surface area contributed by atoms with Crippen LogP contribution < -0.4 is 5.32 Å². The first kappa shape index (κ1) is 17.4. The fraction of sp³-hybridized carbons (Fsp3) is 0.500. The molecule has 0 saturated carbocycles. The normalized spacial score (nSPS) is 17.2. The molecule has 0 radical (unpaired) electrons. The van der Waals surface area contributed by atoms with Crippen LogP contribution >= 0.6 is 0 Å². The Balaban J connectivity index is 1.72. The Morgan fingerprint density at radius 2 is 2.04 bits per heavy atom. The standard InChI is InChI=1S/C18H26N6O/c1-22(2)17(25)18(21-16-6-10-20-23(16)3)7-11-24(12-8-18)14-15-5-4-9-19-13-15/h4-6,9-10,13,21H,7-8,11-12,14H2,1-3H3. The van der Waals surface area contributed by atoms with E-state index in [0.29, 0.717) is 0 Å². The van der Waals surface area contributed by atoms with Gasteiger partial charge in [-0.15, -0.1) is 0 Å². The van der Waals surface area contributed by atoms with Gasteiger partial charge in [0.15, 0.2) is 0 Å². The minimum Gasteiger partial charge on any atom is -0.356 e. The molecule has 1 amide bonds. The number of rotatable bonds is 5. The number of aryl methyl sites for hydroxylation is 1. The van der Waals surface area contributed by atoms with E-state index in [0.717, 1.165) is 38.3 Å². The van der Waals surface area contributed by atoms with Crippen LogP contribution in [0.15, 0.2) is 36.8 Å². The fourth-order valence-electron chi connectivity index (χ4n) is 3.40. The van der Waals surface area contributed by atoms with Gasteiger partial charge in [-0.25, -0.2) is 0 Å². The van der Waals surface area contributed by atoms with Crippen molar-refractivity contribution in [2.75, 3.05) is 32.5 Å². The SMILES string of the molecule is CN(C)C(=O)C1(Nc2ccnn2C)CCN(Cc2cccnc2)CC1. The number of anilines is 1. The summed E-state index contributed by atoms with van der Waals surface area (Å²) in [6.45, 7) is 2.59. The van der Waals surface area contributed by atoms with E-state index in [1.165, 1.54) is 5.56 Å². The van der Waals surface area contributed by atoms with Gasteiger partial charge in [0.1, 0.15) is 11.4 Å². The lowest BCUT2D eigenvalue weighted by molar-refractivity contribution is -0.135. The highest BCUT2D eigenvalue weighted by Gasteiger charge is 2.42. The highest BCUT2D eigenvalue weighted by molar-refractivity contribution is 5.89. The van der Waals surface area contributed by atoms with Crippen molar-refractivity contribution in [3.05, 3.63) is 42.4 Å². The molecule has 0 bridgehead atoms. The molecular formula is C18H26N6O. The van der Waals surface area contributed by atoms with E-state index >= 15 is 0 Å². The minimum absolute atomic E-state index is 0.120. The lowest BCUT2D eigenvalue weighted by atomic mass is 9.85. The second-order valence-corrected chi connectivity index (χ2v) is 6.88. The van der Waals surface area contributed by atoms with Gasteiger partial charge >= 0.3 is 0 Å². The number of carbonyl (C=O) groups excluding carboxylic acids is 1. The largest absolute Gasteiger partial charge is 0.356 e. The highest BCUT2D eigenvalue weighted by Crippen LogP contribution is 2.29. The van der Waals surface area contributed by atoms with E-state index in [9.17, 15) is 4.79 Å². The average Bonchev–Trinajstić information content (AvgIpc) is 3.01. The summed E-state index contributed by atoms with van der Waals surface area (Å²) in [5.41, 5.74) is 0.622. The molecule has 1 aliphatic heterocycles. The lowest BCUT2D eigenvalue weighted by Gasteiger charge is -2.42. The average molecular weight is 342 g/mol. The van der Waals surface area contributed by atoms with Gasteiger partial charge < -0.3 is 10.2 Å². The zero-order chi connectivity index (χ0) is 17.9. The van der Waals surface area contributed by atoms with Crippen LogP contribution in [-0.2, 0) is 18.4 Å². The maximum Gasteiger partial charge on any atom is 0.247 e. The molecule has 0 atom stereocenters. The third kappa shape index (κ3) is 3.82. The van der Waals surface area contributed by atoms with Crippen LogP contribution in [0.1, 0.15) is 18.4 Å². The van der Waals surface area contributed by atoms with Gasteiger partial charge in [0.2, 0.25) is 5.91 Å². The molecule has 134 valence electrons. The third-order valence-electron chi connectivity index (χ3n) is 4.84. The molecule has 1 saturated heterocycles. The molecule has 25 heavy (non-hydrogen) atoms. The number of likely N-dealkylation sites (N-methyl/N-ethyl adjacent to an activating group) is 1. The van der Waals surface area contributed by atoms with Crippen molar-refractivity contribution in [2.24, 2.45) is 7.05 Å². The number of hydrogen-bond acceptors (Lipinski definition) is 5. The predicted molar refractivity (Wildman–Crippen MR) is 97.0 cm³/mol. The Labute approximate surface area is 148 Å². The number of piperidine rings is 1. The van der Waals surface area contributed by atoms with Crippen molar-refractivity contribution in [1.29, 1.82) is 0 Å². The number of hydrogen-bond donors (Lipinski definition) is 1. The van der Waals surface area contributed by atoms with Gasteiger partial charge in [0, 0.05) is 59.2 Å². The van der Waals surface area contributed by atoms with Gasteiger partial charge in [-0.1, -0.05) is 6.07 Å². The first-order chi connectivity index (χ1) is 12.0. The van der Waals surface area contributed by atoms with Gasteiger partial charge in [0.25, 0.3) is 0 Å². The number of carbonyl (C=O) groups is 1. The maximum atomic E-state index is 12.9. The molecule has 1 N–H and O–H groups in total. The molecular weight excluding hydrogens is 316 g/mol. The van der Waals surface area contributed by atoms with Gasteiger partial charge in [0.05, 0.1) is 6.20 Å². The summed E-state index contributed by atoms with van der Waals surface area (Å²) >= 11 is 0. The zero-order valence-corrected chi connectivity index (χ0v) is 15.1. The molecule has 0 unspecified atom stereocenters. The van der Waals surface area contributed by atoms with E-state index in [4.69, 9.17) is 0 Å². The maximum absolute atomic E-state index is 12.9. The van der Waals surface area contributed by atoms with Gasteiger partial charge in [-0.05, 0) is 24.5 Å². The predicted octanol–water partition coefficient (Wildman–Crippen LogP) is 1.35. The van der Waals surface area contributed by atoms with Crippen LogP contribution in [0.2, 0.25) is 0 Å². The number of nitrogens with zero attached hydrogens (tertiary/aromatic N) is 5. The van der Waals surface area contributed by atoms with Crippen molar-refractivity contribution in [1.82, 2.24) is 24.6 Å². The third-order valence-corrected chi connectivity index (χ3v) is 4.84. The number of nitrogens with one attached hydrogen (secondary N) is 1. The number of amides is 1. The lowest BCUT2D eigenvalue weighted by Crippen LogP contribution is -2.58. The van der Waals surface area contributed by atoms with Crippen LogP contribution in [0.5, 0.6) is 0 Å². The molecule has 0 spiro atoms. The van der Waals surface area contributed by atoms with Crippen molar-refractivity contribution in [3.8, 4) is 0 Å². The Bertz CT molecular complexity index is 703.